The van der Waals surface area contributed by atoms with Crippen molar-refractivity contribution in [2.45, 2.75) is 12.8 Å². The molecule has 0 amide bonds. The fourth-order valence-corrected chi connectivity index (χ4v) is 0.625. The van der Waals surface area contributed by atoms with Crippen molar-refractivity contribution in [2.24, 2.45) is 5.92 Å². The van der Waals surface area contributed by atoms with Gasteiger partial charge in [0.15, 0.2) is 0 Å². The van der Waals surface area contributed by atoms with Crippen LogP contribution in [0.3, 0.4) is 0 Å². The second-order valence-electron chi connectivity index (χ2n) is 2.07. The van der Waals surface area contributed by atoms with E-state index >= 15 is 0 Å². The summed E-state index contributed by atoms with van der Waals surface area (Å²) < 4.78 is 0. The Morgan fingerprint density at radius 1 is 1.45 bits per heavy atom. The number of hydrogen-bond donors (Lipinski definition) is 3. The number of hydrogen-bond acceptors (Lipinski definition) is 3. The van der Waals surface area contributed by atoms with Crippen molar-refractivity contribution >= 4 is 18.2 Å². The van der Waals surface area contributed by atoms with Crippen molar-refractivity contribution in [3.63, 3.8) is 0 Å². The maximum Gasteiger partial charge on any atom is 0.307 e. The van der Waals surface area contributed by atoms with Crippen molar-refractivity contribution in [3.05, 3.63) is 0 Å². The van der Waals surface area contributed by atoms with Crippen molar-refractivity contribution in [3.8, 4) is 0 Å². The largest absolute Gasteiger partial charge is 0.481 e. The lowest BCUT2D eigenvalue weighted by atomic mass is 10.0. The van der Waals surface area contributed by atoms with Gasteiger partial charge in [-0.25, -0.2) is 0 Å². The van der Waals surface area contributed by atoms with Crippen LogP contribution in [0.5, 0.6) is 0 Å². The van der Waals surface area contributed by atoms with Gasteiger partial charge in [-0.3, -0.25) is 9.59 Å². The summed E-state index contributed by atoms with van der Waals surface area (Å²) in [7, 11) is 0. The normalized spacial score (nSPS) is 12.0. The summed E-state index contributed by atoms with van der Waals surface area (Å²) in [4.78, 5) is 20.3. The van der Waals surface area contributed by atoms with Crippen molar-refractivity contribution < 1.29 is 19.8 Å². The first kappa shape index (κ1) is 9.61. The maximum absolute atomic E-state index is 10.3. The molecule has 0 aromatic heterocycles. The van der Waals surface area contributed by atoms with Crippen LogP contribution in [0, 0.1) is 11.3 Å². The second kappa shape index (κ2) is 4.43. The number of aliphatic carboxylic acids is 2. The molecule has 0 aromatic rings. The van der Waals surface area contributed by atoms with Crippen LogP contribution in [-0.4, -0.2) is 28.4 Å². The molecule has 3 N–H and O–H groups in total. The minimum absolute atomic E-state index is 0.0262. The lowest BCUT2D eigenvalue weighted by Crippen LogP contribution is -2.17. The maximum atomic E-state index is 10.3. The van der Waals surface area contributed by atoms with E-state index in [0.29, 0.717) is 0 Å². The zero-order chi connectivity index (χ0) is 8.85. The molecule has 0 fully saturated rings. The zero-order valence-electron chi connectivity index (χ0n) is 5.78. The van der Waals surface area contributed by atoms with Crippen LogP contribution in [-0.2, 0) is 9.59 Å². The fraction of sp³-hybridized carbons (Fsp3) is 0.500. The molecule has 62 valence electrons. The van der Waals surface area contributed by atoms with Crippen LogP contribution in [0.15, 0.2) is 0 Å². The van der Waals surface area contributed by atoms with Gasteiger partial charge in [0.2, 0.25) is 0 Å². The first-order chi connectivity index (χ1) is 5.07. The molecule has 0 radical (unpaired) electrons. The summed E-state index contributed by atoms with van der Waals surface area (Å²) in [5.41, 5.74) is 0. The molecular formula is C6H9NO4. The highest BCUT2D eigenvalue weighted by Crippen LogP contribution is 2.06. The molecule has 0 aliphatic heterocycles. The van der Waals surface area contributed by atoms with Crippen LogP contribution >= 0.6 is 0 Å². The van der Waals surface area contributed by atoms with Gasteiger partial charge in [0.05, 0.1) is 12.3 Å². The average molecular weight is 159 g/mol. The zero-order valence-corrected chi connectivity index (χ0v) is 5.78. The van der Waals surface area contributed by atoms with E-state index in [9.17, 15) is 9.59 Å². The van der Waals surface area contributed by atoms with E-state index < -0.39 is 24.3 Å². The Morgan fingerprint density at radius 2 is 2.00 bits per heavy atom. The molecule has 0 spiro atoms. The summed E-state index contributed by atoms with van der Waals surface area (Å²) >= 11 is 0. The van der Waals surface area contributed by atoms with E-state index in [1.807, 2.05) is 0 Å². The predicted octanol–water partition coefficient (Wildman–Crippen LogP) is 0.202. The summed E-state index contributed by atoms with van der Waals surface area (Å²) in [6.45, 7) is 0. The molecule has 5 nitrogen and oxygen atoms in total. The number of nitrogens with one attached hydrogen (secondary N) is 1. The van der Waals surface area contributed by atoms with E-state index in [1.54, 1.807) is 0 Å². The van der Waals surface area contributed by atoms with Crippen LogP contribution in [0.4, 0.5) is 0 Å². The number of carboxylic acids is 2. The molecule has 1 unspecified atom stereocenters. The molecule has 0 aliphatic carbocycles. The molecule has 0 aromatic carbocycles. The molecule has 0 rings (SSSR count). The Balaban J connectivity index is 3.99. The summed E-state index contributed by atoms with van der Waals surface area (Å²) in [6, 6.07) is 0. The lowest BCUT2D eigenvalue weighted by Gasteiger charge is -2.04. The third-order valence-corrected chi connectivity index (χ3v) is 1.17. The SMILES string of the molecule is N=CCC(CC(=O)O)C(=O)O. The lowest BCUT2D eigenvalue weighted by molar-refractivity contribution is -0.147. The highest BCUT2D eigenvalue weighted by atomic mass is 16.4. The van der Waals surface area contributed by atoms with Crippen LogP contribution < -0.4 is 0 Å². The molecule has 0 heterocycles. The van der Waals surface area contributed by atoms with Gasteiger partial charge in [-0.2, -0.15) is 0 Å². The van der Waals surface area contributed by atoms with Crippen molar-refractivity contribution in [1.82, 2.24) is 0 Å². The van der Waals surface area contributed by atoms with E-state index in [2.05, 4.69) is 0 Å². The van der Waals surface area contributed by atoms with Gasteiger partial charge in [0, 0.05) is 0 Å². The molecule has 5 heteroatoms. The first-order valence-corrected chi connectivity index (χ1v) is 3.01. The predicted molar refractivity (Wildman–Crippen MR) is 36.8 cm³/mol. The Bertz CT molecular complexity index is 177. The van der Waals surface area contributed by atoms with E-state index in [1.165, 1.54) is 0 Å². The molecule has 0 aliphatic rings. The van der Waals surface area contributed by atoms with Gasteiger partial charge in [0.25, 0.3) is 0 Å². The third-order valence-electron chi connectivity index (χ3n) is 1.17. The van der Waals surface area contributed by atoms with Crippen molar-refractivity contribution in [1.29, 1.82) is 5.41 Å². The highest BCUT2D eigenvalue weighted by Gasteiger charge is 2.19. The van der Waals surface area contributed by atoms with Crippen LogP contribution in [0.1, 0.15) is 12.8 Å². The molecule has 11 heavy (non-hydrogen) atoms. The molecule has 0 saturated heterocycles. The Hall–Kier alpha value is -1.39. The Morgan fingerprint density at radius 3 is 2.27 bits per heavy atom. The highest BCUT2D eigenvalue weighted by molar-refractivity contribution is 5.80. The van der Waals surface area contributed by atoms with Crippen LogP contribution in [0.25, 0.3) is 0 Å². The number of carboxylic acid groups (broad SMARTS) is 2. The number of rotatable bonds is 5. The van der Waals surface area contributed by atoms with Gasteiger partial charge < -0.3 is 15.6 Å². The monoisotopic (exact) mass is 159 g/mol. The standard InChI is InChI=1S/C6H9NO4/c7-2-1-4(6(10)11)3-5(8)9/h2,4,7H,1,3H2,(H,8,9)(H,10,11). The average Bonchev–Trinajstić information content (AvgIpc) is 1.86. The van der Waals surface area contributed by atoms with Gasteiger partial charge >= 0.3 is 11.9 Å². The smallest absolute Gasteiger partial charge is 0.307 e. The fourth-order valence-electron chi connectivity index (χ4n) is 0.625. The topological polar surface area (TPSA) is 98.5 Å². The van der Waals surface area contributed by atoms with Gasteiger partial charge in [-0.15, -0.1) is 0 Å². The summed E-state index contributed by atoms with van der Waals surface area (Å²) in [6.07, 6.45) is 0.452. The Kier molecular flexibility index (Phi) is 3.87. The van der Waals surface area contributed by atoms with Gasteiger partial charge in [-0.1, -0.05) is 0 Å². The summed E-state index contributed by atoms with van der Waals surface area (Å²) in [5.74, 6) is -3.29. The number of carbonyl (C=O) groups is 2. The summed E-state index contributed by atoms with van der Waals surface area (Å²) in [5, 5.41) is 23.2. The first-order valence-electron chi connectivity index (χ1n) is 3.01. The second-order valence-corrected chi connectivity index (χ2v) is 2.07. The molecule has 0 saturated carbocycles. The quantitative estimate of drug-likeness (QED) is 0.499. The minimum atomic E-state index is -1.17. The van der Waals surface area contributed by atoms with Gasteiger partial charge in [-0.05, 0) is 12.6 Å². The Labute approximate surface area is 63.2 Å². The van der Waals surface area contributed by atoms with Crippen LogP contribution in [0.2, 0.25) is 0 Å². The van der Waals surface area contributed by atoms with E-state index in [-0.39, 0.29) is 6.42 Å². The molecular weight excluding hydrogens is 150 g/mol. The third kappa shape index (κ3) is 4.07. The van der Waals surface area contributed by atoms with E-state index in [4.69, 9.17) is 15.6 Å². The molecule has 1 atom stereocenters. The minimum Gasteiger partial charge on any atom is -0.481 e. The van der Waals surface area contributed by atoms with E-state index in [0.717, 1.165) is 6.21 Å². The molecule has 0 bridgehead atoms. The van der Waals surface area contributed by atoms with Gasteiger partial charge in [0.1, 0.15) is 0 Å². The van der Waals surface area contributed by atoms with Crippen molar-refractivity contribution in [2.75, 3.05) is 0 Å².